The van der Waals surface area contributed by atoms with Gasteiger partial charge in [-0.15, -0.1) is 11.3 Å². The summed E-state index contributed by atoms with van der Waals surface area (Å²) >= 11 is 1.83. The summed E-state index contributed by atoms with van der Waals surface area (Å²) in [5.41, 5.74) is 14.6. The van der Waals surface area contributed by atoms with Crippen molar-refractivity contribution < 1.29 is 4.42 Å². The van der Waals surface area contributed by atoms with Crippen molar-refractivity contribution in [3.8, 4) is 0 Å². The molecule has 0 radical (unpaired) electrons. The van der Waals surface area contributed by atoms with Gasteiger partial charge in [-0.25, -0.2) is 15.0 Å². The number of hydrogen-bond donors (Lipinski definition) is 0. The molecule has 1 aliphatic heterocycles. The van der Waals surface area contributed by atoms with E-state index >= 15 is 0 Å². The molecule has 0 N–H and O–H groups in total. The van der Waals surface area contributed by atoms with Gasteiger partial charge in [-0.3, -0.25) is 4.99 Å². The topological polar surface area (TPSA) is 68.6 Å². The molecule has 0 aliphatic carbocycles. The molecule has 5 heterocycles. The van der Waals surface area contributed by atoms with Crippen LogP contribution in [0, 0.1) is 5.92 Å². The van der Waals surface area contributed by atoms with Crippen molar-refractivity contribution >= 4 is 49.7 Å². The smallest absolute Gasteiger partial charge is 0.198 e. The molecule has 0 bridgehead atoms. The number of benzene rings is 3. The van der Waals surface area contributed by atoms with Crippen LogP contribution in [-0.2, 0) is 6.42 Å². The first kappa shape index (κ1) is 46.4. The molecule has 4 aromatic heterocycles. The summed E-state index contributed by atoms with van der Waals surface area (Å²) in [4.78, 5) is 18.3. The number of imidazole rings is 1. The largest absolute Gasteiger partial charge is 0.440 e. The minimum absolute atomic E-state index is 0.347. The number of aliphatic imine (C=N–C) groups is 1. The Morgan fingerprint density at radius 3 is 1.68 bits per heavy atom. The highest BCUT2D eigenvalue weighted by molar-refractivity contribution is 7.18. The van der Waals surface area contributed by atoms with Gasteiger partial charge in [0.05, 0.1) is 26.6 Å². The maximum atomic E-state index is 5.71. The third-order valence-electron chi connectivity index (χ3n) is 11.0. The molecule has 0 fully saturated rings. The Hall–Kier alpha value is -4.62. The zero-order valence-corrected chi connectivity index (χ0v) is 40.2. The van der Waals surface area contributed by atoms with Crippen LogP contribution in [0.1, 0.15) is 197 Å². The minimum atomic E-state index is 0.347. The van der Waals surface area contributed by atoms with Gasteiger partial charge in [-0.05, 0) is 99.7 Å². The second-order valence-corrected chi connectivity index (χ2v) is 19.9. The SMILES string of the molecule is CC(C)C1=Nc2ccc(C(C)C)cc2C1.CC(C)c1ccc2nc(C(C)C)cn2c1.CC(C)c1ccc2nc(C(C)C)oc2c1.CC(C)c1ccc2nc(C(C)C)sc2c1. The zero-order chi connectivity index (χ0) is 44.0. The summed E-state index contributed by atoms with van der Waals surface area (Å²) in [6, 6.07) is 23.8. The Morgan fingerprint density at radius 2 is 1.10 bits per heavy atom. The molecule has 0 amide bonds. The number of hydrogen-bond acceptors (Lipinski definition) is 6. The fraction of sp³-hybridized carbons (Fsp3) is 0.472. The molecule has 320 valence electrons. The van der Waals surface area contributed by atoms with Crippen LogP contribution in [0.15, 0.2) is 88.5 Å². The highest BCUT2D eigenvalue weighted by atomic mass is 32.1. The van der Waals surface area contributed by atoms with Crippen molar-refractivity contribution in [1.82, 2.24) is 19.4 Å². The van der Waals surface area contributed by atoms with E-state index in [9.17, 15) is 0 Å². The van der Waals surface area contributed by atoms with Crippen molar-refractivity contribution in [1.29, 1.82) is 0 Å². The van der Waals surface area contributed by atoms with Crippen molar-refractivity contribution in [3.05, 3.63) is 124 Å². The van der Waals surface area contributed by atoms with Gasteiger partial charge in [-0.2, -0.15) is 0 Å². The van der Waals surface area contributed by atoms with E-state index in [4.69, 9.17) is 4.42 Å². The summed E-state index contributed by atoms with van der Waals surface area (Å²) in [5, 5.41) is 1.24. The van der Waals surface area contributed by atoms with Crippen LogP contribution in [0.25, 0.3) is 27.0 Å². The number of oxazole rings is 1. The van der Waals surface area contributed by atoms with E-state index in [1.165, 1.54) is 48.9 Å². The Morgan fingerprint density at radius 1 is 0.517 bits per heavy atom. The molecule has 60 heavy (non-hydrogen) atoms. The Kier molecular flexibility index (Phi) is 15.7. The van der Waals surface area contributed by atoms with Gasteiger partial charge in [0.2, 0.25) is 0 Å². The second kappa shape index (κ2) is 20.3. The van der Waals surface area contributed by atoms with Crippen LogP contribution < -0.4 is 0 Å². The molecular formula is C53H71N5OS. The van der Waals surface area contributed by atoms with Gasteiger partial charge >= 0.3 is 0 Å². The standard InChI is InChI=1S/C14H19N.C13H18N2.C13H17NO.C13H17NS/c1-9(2)11-5-6-13-12(7-11)8-14(15-13)10(3)4;1-9(2)11-5-6-13-14-12(10(3)4)8-15(13)7-11;2*1-8(2)10-5-6-11-12(7-10)15-13(14-11)9(3)4/h5-7,9-10H,8H2,1-4H3;5-10H,1-4H3;2*5-9H,1-4H3. The van der Waals surface area contributed by atoms with E-state index in [1.807, 2.05) is 17.4 Å². The number of thiazole rings is 1. The molecule has 8 rings (SSSR count). The number of pyridine rings is 1. The molecule has 6 nitrogen and oxygen atoms in total. The summed E-state index contributed by atoms with van der Waals surface area (Å²) in [6.45, 7) is 35.1. The van der Waals surface area contributed by atoms with Crippen LogP contribution in [0.2, 0.25) is 0 Å². The lowest BCUT2D eigenvalue weighted by molar-refractivity contribution is 0.501. The average molecular weight is 826 g/mol. The first-order valence-corrected chi connectivity index (χ1v) is 23.1. The van der Waals surface area contributed by atoms with Gasteiger partial charge in [0, 0.05) is 36.4 Å². The van der Waals surface area contributed by atoms with Gasteiger partial charge in [0.15, 0.2) is 11.5 Å². The average Bonchev–Trinajstić information content (AvgIpc) is 4.01. The van der Waals surface area contributed by atoms with Crippen molar-refractivity contribution in [2.45, 2.75) is 159 Å². The summed E-state index contributed by atoms with van der Waals surface area (Å²) in [5.74, 6) is 5.07. The van der Waals surface area contributed by atoms with Gasteiger partial charge in [0.25, 0.3) is 0 Å². The molecule has 0 saturated heterocycles. The van der Waals surface area contributed by atoms with Crippen LogP contribution in [0.3, 0.4) is 0 Å². The molecule has 0 atom stereocenters. The zero-order valence-electron chi connectivity index (χ0n) is 39.4. The lowest BCUT2D eigenvalue weighted by Crippen LogP contribution is -2.06. The third kappa shape index (κ3) is 11.8. The molecule has 0 unspecified atom stereocenters. The van der Waals surface area contributed by atoms with E-state index < -0.39 is 0 Å². The number of aromatic nitrogens is 4. The lowest BCUT2D eigenvalue weighted by Gasteiger charge is -2.07. The van der Waals surface area contributed by atoms with Gasteiger partial charge in [-0.1, -0.05) is 141 Å². The van der Waals surface area contributed by atoms with Crippen LogP contribution in [0.5, 0.6) is 0 Å². The van der Waals surface area contributed by atoms with E-state index in [1.54, 1.807) is 0 Å². The lowest BCUT2D eigenvalue weighted by atomic mass is 9.97. The Bertz CT molecular complexity index is 2270. The van der Waals surface area contributed by atoms with Crippen molar-refractivity contribution in [3.63, 3.8) is 0 Å². The van der Waals surface area contributed by atoms with E-state index in [0.29, 0.717) is 47.3 Å². The fourth-order valence-corrected chi connectivity index (χ4v) is 7.73. The summed E-state index contributed by atoms with van der Waals surface area (Å²) in [7, 11) is 0. The number of fused-ring (bicyclic) bond motifs is 4. The monoisotopic (exact) mass is 826 g/mol. The predicted molar refractivity (Wildman–Crippen MR) is 260 cm³/mol. The van der Waals surface area contributed by atoms with Crippen LogP contribution in [0.4, 0.5) is 5.69 Å². The normalized spacial score (nSPS) is 12.6. The second-order valence-electron chi connectivity index (χ2n) is 18.9. The number of rotatable bonds is 8. The molecule has 1 aliphatic rings. The maximum Gasteiger partial charge on any atom is 0.198 e. The Labute approximate surface area is 365 Å². The van der Waals surface area contributed by atoms with Crippen molar-refractivity contribution in [2.75, 3.05) is 0 Å². The molecule has 0 saturated carbocycles. The van der Waals surface area contributed by atoms with Crippen LogP contribution in [-0.4, -0.2) is 25.1 Å². The quantitative estimate of drug-likeness (QED) is 0.153. The molecule has 7 heteroatoms. The first-order chi connectivity index (χ1) is 28.3. The van der Waals surface area contributed by atoms with Gasteiger partial charge in [0.1, 0.15) is 11.2 Å². The van der Waals surface area contributed by atoms with E-state index in [-0.39, 0.29) is 0 Å². The molecule has 7 aromatic rings. The molecular weight excluding hydrogens is 755 g/mol. The first-order valence-electron chi connectivity index (χ1n) is 22.3. The molecule has 3 aromatic carbocycles. The van der Waals surface area contributed by atoms with Crippen LogP contribution >= 0.6 is 11.3 Å². The Balaban J connectivity index is 0.000000152. The number of nitrogens with zero attached hydrogens (tertiary/aromatic N) is 5. The highest BCUT2D eigenvalue weighted by Gasteiger charge is 2.18. The molecule has 0 spiro atoms. The van der Waals surface area contributed by atoms with E-state index in [2.05, 4.69) is 208 Å². The summed E-state index contributed by atoms with van der Waals surface area (Å²) < 4.78 is 9.16. The third-order valence-corrected chi connectivity index (χ3v) is 12.3. The minimum Gasteiger partial charge on any atom is -0.440 e. The highest BCUT2D eigenvalue weighted by Crippen LogP contribution is 2.32. The summed E-state index contributed by atoms with van der Waals surface area (Å²) in [6.07, 6.45) is 5.36. The van der Waals surface area contributed by atoms with Crippen molar-refractivity contribution in [2.24, 2.45) is 10.9 Å². The fourth-order valence-electron chi connectivity index (χ4n) is 6.72. The maximum absolute atomic E-state index is 5.71. The predicted octanol–water partition coefficient (Wildman–Crippen LogP) is 16.3. The van der Waals surface area contributed by atoms with E-state index in [0.717, 1.165) is 40.3 Å². The van der Waals surface area contributed by atoms with Gasteiger partial charge < -0.3 is 8.82 Å².